The highest BCUT2D eigenvalue weighted by molar-refractivity contribution is 6.30. The predicted molar refractivity (Wildman–Crippen MR) is 67.5 cm³/mol. The molecule has 0 bridgehead atoms. The van der Waals surface area contributed by atoms with Gasteiger partial charge >= 0.3 is 5.97 Å². The first-order valence-electron chi connectivity index (χ1n) is 5.60. The van der Waals surface area contributed by atoms with Gasteiger partial charge in [-0.05, 0) is 30.5 Å². The van der Waals surface area contributed by atoms with E-state index in [1.807, 2.05) is 13.8 Å². The zero-order valence-corrected chi connectivity index (χ0v) is 10.8. The third-order valence-corrected chi connectivity index (χ3v) is 2.59. The van der Waals surface area contributed by atoms with Gasteiger partial charge in [-0.1, -0.05) is 31.5 Å². The summed E-state index contributed by atoms with van der Waals surface area (Å²) in [6.07, 6.45) is 0.607. The lowest BCUT2D eigenvalue weighted by Crippen LogP contribution is -2.23. The molecule has 4 heteroatoms. The van der Waals surface area contributed by atoms with Crippen LogP contribution < -0.4 is 4.74 Å². The maximum absolute atomic E-state index is 11.0. The van der Waals surface area contributed by atoms with Crippen molar-refractivity contribution < 1.29 is 14.6 Å². The van der Waals surface area contributed by atoms with Crippen molar-refractivity contribution in [3.63, 3.8) is 0 Å². The number of rotatable bonds is 6. The number of hydrogen-bond donors (Lipinski definition) is 1. The zero-order chi connectivity index (χ0) is 12.8. The monoisotopic (exact) mass is 256 g/mol. The fourth-order valence-electron chi connectivity index (χ4n) is 1.56. The number of ether oxygens (including phenoxy) is 1. The molecule has 1 N–H and O–H groups in total. The van der Waals surface area contributed by atoms with Crippen molar-refractivity contribution in [2.45, 2.75) is 20.3 Å². The molecule has 0 saturated heterocycles. The van der Waals surface area contributed by atoms with Crippen molar-refractivity contribution in [1.82, 2.24) is 0 Å². The van der Waals surface area contributed by atoms with Gasteiger partial charge in [-0.15, -0.1) is 0 Å². The molecule has 3 nitrogen and oxygen atoms in total. The summed E-state index contributed by atoms with van der Waals surface area (Å²) in [6, 6.07) is 6.96. The molecule has 0 heterocycles. The van der Waals surface area contributed by atoms with E-state index in [1.165, 1.54) is 0 Å². The van der Waals surface area contributed by atoms with E-state index in [-0.39, 0.29) is 6.61 Å². The molecule has 1 rings (SSSR count). The molecule has 1 aromatic carbocycles. The van der Waals surface area contributed by atoms with Crippen molar-refractivity contribution >= 4 is 17.6 Å². The van der Waals surface area contributed by atoms with Gasteiger partial charge in [0.15, 0.2) is 0 Å². The lowest BCUT2D eigenvalue weighted by Gasteiger charge is -2.15. The highest BCUT2D eigenvalue weighted by Crippen LogP contribution is 2.19. The number of carbonyl (C=O) groups is 1. The lowest BCUT2D eigenvalue weighted by atomic mass is 9.98. The Kier molecular flexibility index (Phi) is 5.29. The molecule has 0 fully saturated rings. The third-order valence-electron chi connectivity index (χ3n) is 2.35. The number of benzene rings is 1. The lowest BCUT2D eigenvalue weighted by molar-refractivity contribution is -0.143. The van der Waals surface area contributed by atoms with E-state index in [0.29, 0.717) is 23.1 Å². The van der Waals surface area contributed by atoms with Crippen LogP contribution in [0.4, 0.5) is 0 Å². The van der Waals surface area contributed by atoms with Gasteiger partial charge in [0.05, 0.1) is 5.92 Å². The normalized spacial score (nSPS) is 12.5. The first-order chi connectivity index (χ1) is 7.99. The van der Waals surface area contributed by atoms with Crippen LogP contribution in [0.1, 0.15) is 20.3 Å². The van der Waals surface area contributed by atoms with Crippen LogP contribution in [0, 0.1) is 11.8 Å². The summed E-state index contributed by atoms with van der Waals surface area (Å²) in [5, 5.41) is 9.63. The number of carboxylic acids is 1. The number of hydrogen-bond acceptors (Lipinski definition) is 2. The fourth-order valence-corrected chi connectivity index (χ4v) is 1.74. The van der Waals surface area contributed by atoms with Crippen LogP contribution >= 0.6 is 11.6 Å². The van der Waals surface area contributed by atoms with E-state index >= 15 is 0 Å². The predicted octanol–water partition coefficient (Wildman–Crippen LogP) is 3.47. The largest absolute Gasteiger partial charge is 0.493 e. The van der Waals surface area contributed by atoms with Gasteiger partial charge in [-0.25, -0.2) is 0 Å². The second-order valence-corrected chi connectivity index (χ2v) is 4.87. The van der Waals surface area contributed by atoms with E-state index in [1.54, 1.807) is 24.3 Å². The topological polar surface area (TPSA) is 46.5 Å². The van der Waals surface area contributed by atoms with Gasteiger partial charge in [0, 0.05) is 5.02 Å². The highest BCUT2D eigenvalue weighted by atomic mass is 35.5. The van der Waals surface area contributed by atoms with Gasteiger partial charge < -0.3 is 9.84 Å². The molecule has 0 aliphatic carbocycles. The second kappa shape index (κ2) is 6.50. The van der Waals surface area contributed by atoms with Crippen molar-refractivity contribution in [3.8, 4) is 5.75 Å². The van der Waals surface area contributed by atoms with E-state index < -0.39 is 11.9 Å². The summed E-state index contributed by atoms with van der Waals surface area (Å²) < 4.78 is 5.45. The molecule has 0 radical (unpaired) electrons. The van der Waals surface area contributed by atoms with Crippen molar-refractivity contribution in [3.05, 3.63) is 29.3 Å². The minimum Gasteiger partial charge on any atom is -0.493 e. The Morgan fingerprint density at radius 1 is 1.47 bits per heavy atom. The Morgan fingerprint density at radius 2 is 2.18 bits per heavy atom. The zero-order valence-electron chi connectivity index (χ0n) is 10.0. The maximum Gasteiger partial charge on any atom is 0.309 e. The molecule has 0 aromatic heterocycles. The average Bonchev–Trinajstić information content (AvgIpc) is 2.23. The first kappa shape index (κ1) is 13.8. The Morgan fingerprint density at radius 3 is 2.71 bits per heavy atom. The second-order valence-electron chi connectivity index (χ2n) is 4.43. The van der Waals surface area contributed by atoms with Crippen molar-refractivity contribution in [2.75, 3.05) is 6.61 Å². The van der Waals surface area contributed by atoms with Gasteiger partial charge in [0.25, 0.3) is 0 Å². The molecular formula is C13H17ClO3. The standard InChI is InChI=1S/C13H17ClO3/c1-9(2)6-10(13(15)16)8-17-12-5-3-4-11(14)7-12/h3-5,7,9-10H,6,8H2,1-2H3,(H,15,16). The third kappa shape index (κ3) is 5.09. The number of halogens is 1. The van der Waals surface area contributed by atoms with E-state index in [2.05, 4.69) is 0 Å². The van der Waals surface area contributed by atoms with Crippen LogP contribution in [-0.2, 0) is 4.79 Å². The molecule has 0 saturated carbocycles. The summed E-state index contributed by atoms with van der Waals surface area (Å²) in [4.78, 5) is 11.0. The summed E-state index contributed by atoms with van der Waals surface area (Å²) in [5.74, 6) is -0.360. The Bertz CT molecular complexity index is 377. The number of aliphatic carboxylic acids is 1. The molecule has 0 spiro atoms. The highest BCUT2D eigenvalue weighted by Gasteiger charge is 2.19. The molecule has 0 aliphatic rings. The molecule has 0 amide bonds. The summed E-state index contributed by atoms with van der Waals surface area (Å²) in [6.45, 7) is 4.17. The van der Waals surface area contributed by atoms with Crippen molar-refractivity contribution in [1.29, 1.82) is 0 Å². The Balaban J connectivity index is 2.54. The Labute approximate surface area is 106 Å². The summed E-state index contributed by atoms with van der Waals surface area (Å²) in [5.41, 5.74) is 0. The summed E-state index contributed by atoms with van der Waals surface area (Å²) >= 11 is 5.81. The molecule has 0 aliphatic heterocycles. The maximum atomic E-state index is 11.0. The van der Waals surface area contributed by atoms with Crippen molar-refractivity contribution in [2.24, 2.45) is 11.8 Å². The Hall–Kier alpha value is -1.22. The van der Waals surface area contributed by atoms with E-state index in [4.69, 9.17) is 21.4 Å². The number of carboxylic acid groups (broad SMARTS) is 1. The van der Waals surface area contributed by atoms with Gasteiger partial charge in [0.2, 0.25) is 0 Å². The molecule has 1 unspecified atom stereocenters. The molecule has 17 heavy (non-hydrogen) atoms. The van der Waals surface area contributed by atoms with E-state index in [9.17, 15) is 4.79 Å². The van der Waals surface area contributed by atoms with Crippen LogP contribution in [0.15, 0.2) is 24.3 Å². The quantitative estimate of drug-likeness (QED) is 0.848. The van der Waals surface area contributed by atoms with Crippen LogP contribution in [0.3, 0.4) is 0 Å². The fraction of sp³-hybridized carbons (Fsp3) is 0.462. The smallest absolute Gasteiger partial charge is 0.309 e. The minimum atomic E-state index is -0.819. The van der Waals surface area contributed by atoms with Crippen LogP contribution in [0.25, 0.3) is 0 Å². The molecule has 94 valence electrons. The van der Waals surface area contributed by atoms with Gasteiger partial charge in [-0.2, -0.15) is 0 Å². The minimum absolute atomic E-state index is 0.174. The van der Waals surface area contributed by atoms with Crippen LogP contribution in [-0.4, -0.2) is 17.7 Å². The SMILES string of the molecule is CC(C)CC(COc1cccc(Cl)c1)C(=O)O. The summed E-state index contributed by atoms with van der Waals surface area (Å²) in [7, 11) is 0. The van der Waals surface area contributed by atoms with E-state index in [0.717, 1.165) is 0 Å². The average molecular weight is 257 g/mol. The van der Waals surface area contributed by atoms with Gasteiger partial charge in [-0.3, -0.25) is 4.79 Å². The van der Waals surface area contributed by atoms with Crippen LogP contribution in [0.2, 0.25) is 5.02 Å². The molecule has 1 aromatic rings. The van der Waals surface area contributed by atoms with Crippen LogP contribution in [0.5, 0.6) is 5.75 Å². The van der Waals surface area contributed by atoms with Gasteiger partial charge in [0.1, 0.15) is 12.4 Å². The molecule has 1 atom stereocenters. The first-order valence-corrected chi connectivity index (χ1v) is 5.98. The molecular weight excluding hydrogens is 240 g/mol.